The Morgan fingerprint density at radius 1 is 1.46 bits per heavy atom. The molecule has 0 saturated carbocycles. The minimum absolute atomic E-state index is 0.212. The molecule has 28 heavy (non-hydrogen) atoms. The maximum absolute atomic E-state index is 13.4. The summed E-state index contributed by atoms with van der Waals surface area (Å²) < 4.78 is 11.1. The first-order valence-electron chi connectivity index (χ1n) is 9.66. The Morgan fingerprint density at radius 2 is 2.18 bits per heavy atom. The molecular weight excluding hydrogens is 376 g/mol. The van der Waals surface area contributed by atoms with Crippen LogP contribution in [0.25, 0.3) is 0 Å². The highest BCUT2D eigenvalue weighted by molar-refractivity contribution is 7.09. The van der Waals surface area contributed by atoms with Crippen LogP contribution in [-0.4, -0.2) is 32.2 Å². The zero-order chi connectivity index (χ0) is 20.7. The van der Waals surface area contributed by atoms with E-state index in [1.165, 1.54) is 0 Å². The molecule has 1 unspecified atom stereocenters. The van der Waals surface area contributed by atoms with E-state index in [1.807, 2.05) is 26.2 Å². The highest BCUT2D eigenvalue weighted by Crippen LogP contribution is 2.51. The maximum Gasteiger partial charge on any atom is 0.326 e. The van der Waals surface area contributed by atoms with Gasteiger partial charge in [0.2, 0.25) is 5.89 Å². The molecule has 0 amide bonds. The van der Waals surface area contributed by atoms with Gasteiger partial charge in [0.25, 0.3) is 0 Å². The molecule has 0 bridgehead atoms. The fourth-order valence-electron chi connectivity index (χ4n) is 4.08. The molecule has 2 aromatic rings. The van der Waals surface area contributed by atoms with Gasteiger partial charge in [-0.05, 0) is 39.5 Å². The lowest BCUT2D eigenvalue weighted by molar-refractivity contribution is -0.163. The van der Waals surface area contributed by atoms with Crippen LogP contribution in [0.2, 0.25) is 0 Å². The number of esters is 1. The largest absolute Gasteiger partial charge is 0.459 e. The third-order valence-electron chi connectivity index (χ3n) is 5.01. The van der Waals surface area contributed by atoms with Gasteiger partial charge in [0.05, 0.1) is 11.5 Å². The molecule has 0 aromatic carbocycles. The van der Waals surface area contributed by atoms with Crippen molar-refractivity contribution in [2.75, 3.05) is 0 Å². The van der Waals surface area contributed by atoms with E-state index in [9.17, 15) is 4.79 Å². The Morgan fingerprint density at radius 3 is 2.68 bits per heavy atom. The van der Waals surface area contributed by atoms with Crippen LogP contribution < -0.4 is 5.32 Å². The average Bonchev–Trinajstić information content (AvgIpc) is 3.25. The lowest BCUT2D eigenvalue weighted by Gasteiger charge is -2.33. The van der Waals surface area contributed by atoms with E-state index in [4.69, 9.17) is 9.26 Å². The summed E-state index contributed by atoms with van der Waals surface area (Å²) in [6.07, 6.45) is 2.94. The van der Waals surface area contributed by atoms with E-state index in [-0.39, 0.29) is 12.0 Å². The van der Waals surface area contributed by atoms with Crippen LogP contribution in [-0.2, 0) is 14.9 Å². The van der Waals surface area contributed by atoms with Gasteiger partial charge in [-0.15, -0.1) is 11.3 Å². The average molecular weight is 407 g/mol. The zero-order valence-corrected chi connectivity index (χ0v) is 18.5. The highest BCUT2D eigenvalue weighted by atomic mass is 32.1. The first-order valence-corrected chi connectivity index (χ1v) is 10.5. The predicted molar refractivity (Wildman–Crippen MR) is 107 cm³/mol. The lowest BCUT2D eigenvalue weighted by Crippen LogP contribution is -2.52. The Labute approximate surface area is 170 Å². The number of nitrogens with one attached hydrogen (secondary N) is 1. The molecular formula is C20H30N4O3S. The molecule has 8 heteroatoms. The second-order valence-corrected chi connectivity index (χ2v) is 10.3. The molecule has 0 spiro atoms. The van der Waals surface area contributed by atoms with Crippen molar-refractivity contribution in [2.45, 2.75) is 83.9 Å². The van der Waals surface area contributed by atoms with E-state index in [2.05, 4.69) is 41.2 Å². The minimum atomic E-state index is -0.846. The van der Waals surface area contributed by atoms with Crippen molar-refractivity contribution in [3.05, 3.63) is 28.3 Å². The molecule has 1 aliphatic heterocycles. The van der Waals surface area contributed by atoms with Crippen molar-refractivity contribution in [3.63, 3.8) is 0 Å². The summed E-state index contributed by atoms with van der Waals surface area (Å²) in [5.74, 6) is 1.16. The van der Waals surface area contributed by atoms with Gasteiger partial charge >= 0.3 is 5.97 Å². The minimum Gasteiger partial charge on any atom is -0.459 e. The Balaban J connectivity index is 2.08. The number of rotatable bonds is 5. The molecule has 2 aromatic heterocycles. The summed E-state index contributed by atoms with van der Waals surface area (Å²) in [4.78, 5) is 22.4. The van der Waals surface area contributed by atoms with Crippen LogP contribution in [0.15, 0.2) is 16.1 Å². The van der Waals surface area contributed by atoms with Crippen LogP contribution in [0.5, 0.6) is 0 Å². The third kappa shape index (κ3) is 3.98. The topological polar surface area (TPSA) is 90.1 Å². The standard InChI is InChI=1S/C20H30N4O3S/c1-12(2)10-20(17(25)26-18(4,5)6)11-19(7,16-22-13(3)27-24-16)14(23-20)15-21-8-9-28-15/h8-9,12,14,23H,10-11H2,1-7H3/t14-,19+,20?/m0/s1. The Kier molecular flexibility index (Phi) is 5.40. The predicted octanol–water partition coefficient (Wildman–Crippen LogP) is 3.95. The van der Waals surface area contributed by atoms with Crippen molar-refractivity contribution >= 4 is 17.3 Å². The van der Waals surface area contributed by atoms with Crippen LogP contribution in [0.4, 0.5) is 0 Å². The lowest BCUT2D eigenvalue weighted by atomic mass is 9.75. The molecule has 1 saturated heterocycles. The first kappa shape index (κ1) is 20.9. The van der Waals surface area contributed by atoms with E-state index in [0.717, 1.165) is 5.01 Å². The van der Waals surface area contributed by atoms with E-state index < -0.39 is 16.6 Å². The number of aromatic nitrogens is 3. The molecule has 3 heterocycles. The quantitative estimate of drug-likeness (QED) is 0.752. The van der Waals surface area contributed by atoms with Gasteiger partial charge in [-0.2, -0.15) is 4.98 Å². The summed E-state index contributed by atoms with van der Waals surface area (Å²) in [7, 11) is 0. The van der Waals surface area contributed by atoms with Crippen LogP contribution in [0, 0.1) is 12.8 Å². The summed E-state index contributed by atoms with van der Waals surface area (Å²) >= 11 is 1.56. The number of nitrogens with zero attached hydrogens (tertiary/aromatic N) is 3. The smallest absolute Gasteiger partial charge is 0.326 e. The number of carbonyl (C=O) groups is 1. The molecule has 0 aliphatic carbocycles. The number of carbonyl (C=O) groups excluding carboxylic acids is 1. The number of aryl methyl sites for hydroxylation is 1. The second kappa shape index (κ2) is 7.22. The van der Waals surface area contributed by atoms with Crippen molar-refractivity contribution in [1.82, 2.24) is 20.4 Å². The van der Waals surface area contributed by atoms with Gasteiger partial charge in [0.15, 0.2) is 5.82 Å². The Hall–Kier alpha value is -1.80. The molecule has 3 rings (SSSR count). The third-order valence-corrected chi connectivity index (χ3v) is 5.85. The first-order chi connectivity index (χ1) is 13.0. The Bertz CT molecular complexity index is 827. The van der Waals surface area contributed by atoms with Crippen LogP contribution in [0.3, 0.4) is 0 Å². The monoisotopic (exact) mass is 406 g/mol. The molecule has 1 N–H and O–H groups in total. The van der Waals surface area contributed by atoms with E-state index in [0.29, 0.717) is 30.5 Å². The molecule has 1 fully saturated rings. The number of hydrogen-bond acceptors (Lipinski definition) is 8. The van der Waals surface area contributed by atoms with E-state index >= 15 is 0 Å². The van der Waals surface area contributed by atoms with Gasteiger partial charge in [0.1, 0.15) is 16.1 Å². The van der Waals surface area contributed by atoms with Crippen molar-refractivity contribution < 1.29 is 14.1 Å². The zero-order valence-electron chi connectivity index (χ0n) is 17.7. The van der Waals surface area contributed by atoms with Gasteiger partial charge in [-0.3, -0.25) is 10.1 Å². The fraction of sp³-hybridized carbons (Fsp3) is 0.700. The molecule has 3 atom stereocenters. The second-order valence-electron chi connectivity index (χ2n) is 9.36. The SMILES string of the molecule is Cc1nc([C@]2(C)CC(CC(C)C)(C(=O)OC(C)(C)C)N[C@H]2c2nccs2)no1. The van der Waals surface area contributed by atoms with Crippen molar-refractivity contribution in [2.24, 2.45) is 5.92 Å². The summed E-state index contributed by atoms with van der Waals surface area (Å²) in [5, 5.41) is 10.7. The van der Waals surface area contributed by atoms with Gasteiger partial charge < -0.3 is 9.26 Å². The summed E-state index contributed by atoms with van der Waals surface area (Å²) in [5.41, 5.74) is -1.97. The fourth-order valence-corrected chi connectivity index (χ4v) is 4.92. The van der Waals surface area contributed by atoms with Gasteiger partial charge in [-0.1, -0.05) is 25.9 Å². The van der Waals surface area contributed by atoms with Crippen LogP contribution >= 0.6 is 11.3 Å². The van der Waals surface area contributed by atoms with Gasteiger partial charge in [-0.25, -0.2) is 4.98 Å². The molecule has 0 radical (unpaired) electrons. The number of ether oxygens (including phenoxy) is 1. The molecule has 7 nitrogen and oxygen atoms in total. The van der Waals surface area contributed by atoms with Gasteiger partial charge in [0, 0.05) is 18.5 Å². The van der Waals surface area contributed by atoms with E-state index in [1.54, 1.807) is 24.5 Å². The van der Waals surface area contributed by atoms with Crippen molar-refractivity contribution in [3.8, 4) is 0 Å². The van der Waals surface area contributed by atoms with Crippen molar-refractivity contribution in [1.29, 1.82) is 0 Å². The normalized spacial score (nSPS) is 28.1. The highest BCUT2D eigenvalue weighted by Gasteiger charge is 2.60. The number of thiazole rings is 1. The summed E-state index contributed by atoms with van der Waals surface area (Å²) in [6, 6.07) is -0.212. The summed E-state index contributed by atoms with van der Waals surface area (Å²) in [6.45, 7) is 13.7. The van der Waals surface area contributed by atoms with Crippen LogP contribution in [0.1, 0.15) is 77.1 Å². The maximum atomic E-state index is 13.4. The molecule has 1 aliphatic rings. The number of hydrogen-bond donors (Lipinski definition) is 1. The molecule has 154 valence electrons.